The molecule has 2 rings (SSSR count). The second-order valence-corrected chi connectivity index (χ2v) is 6.09. The van der Waals surface area contributed by atoms with E-state index in [0.29, 0.717) is 14.2 Å². The number of nitrogens with one attached hydrogen (secondary N) is 1. The molecule has 3 nitrogen and oxygen atoms in total. The van der Waals surface area contributed by atoms with Crippen LogP contribution in [0.4, 0.5) is 5.69 Å². The minimum absolute atomic E-state index is 0.195. The third-order valence-corrected chi connectivity index (χ3v) is 3.98. The quantitative estimate of drug-likeness (QED) is 0.628. The Morgan fingerprint density at radius 2 is 2.00 bits per heavy atom. The molecule has 0 saturated carbocycles. The van der Waals surface area contributed by atoms with Crippen LogP contribution in [0.15, 0.2) is 42.6 Å². The van der Waals surface area contributed by atoms with Crippen LogP contribution in [-0.2, 0) is 0 Å². The fourth-order valence-corrected chi connectivity index (χ4v) is 2.97. The highest BCUT2D eigenvalue weighted by atomic mass is 35.5. The van der Waals surface area contributed by atoms with E-state index in [2.05, 4.69) is 5.32 Å². The molecule has 0 radical (unpaired) electrons. The molecule has 0 spiro atoms. The number of ketones is 1. The van der Waals surface area contributed by atoms with Gasteiger partial charge in [-0.1, -0.05) is 23.2 Å². The molecule has 20 heavy (non-hydrogen) atoms. The molecule has 1 aromatic carbocycles. The van der Waals surface area contributed by atoms with Crippen LogP contribution in [0.1, 0.15) is 10.4 Å². The Balaban J connectivity index is 1.99. The van der Waals surface area contributed by atoms with Crippen LogP contribution in [0.5, 0.6) is 5.75 Å². The van der Waals surface area contributed by atoms with Crippen LogP contribution in [0, 0.1) is 0 Å². The molecule has 0 aliphatic carbocycles. The molecule has 6 heteroatoms. The number of ether oxygens (including phenoxy) is 1. The molecule has 0 atom stereocenters. The standard InChI is InChI=1S/C14H11Cl2NO2S/c1-19-10-4-2-9(3-5-10)17-7-6-12(18)11-8-13(15)20-14(11)16/h2-8,17H,1H3/b7-6+. The molecule has 0 unspecified atom stereocenters. The maximum absolute atomic E-state index is 11.9. The first kappa shape index (κ1) is 14.9. The minimum atomic E-state index is -0.195. The van der Waals surface area contributed by atoms with Crippen LogP contribution >= 0.6 is 34.5 Å². The first-order chi connectivity index (χ1) is 9.60. The highest BCUT2D eigenvalue weighted by molar-refractivity contribution is 7.20. The van der Waals surface area contributed by atoms with Gasteiger partial charge in [-0.15, -0.1) is 11.3 Å². The number of carbonyl (C=O) groups excluding carboxylic acids is 1. The normalized spacial score (nSPS) is 10.8. The first-order valence-corrected chi connectivity index (χ1v) is 7.23. The lowest BCUT2D eigenvalue weighted by Crippen LogP contribution is -1.95. The molecule has 104 valence electrons. The van der Waals surface area contributed by atoms with E-state index in [4.69, 9.17) is 27.9 Å². The van der Waals surface area contributed by atoms with Gasteiger partial charge in [-0.3, -0.25) is 4.79 Å². The van der Waals surface area contributed by atoms with E-state index in [1.54, 1.807) is 19.4 Å². The zero-order valence-corrected chi connectivity index (χ0v) is 12.9. The molecule has 0 aliphatic rings. The second-order valence-electron chi connectivity index (χ2n) is 3.81. The summed E-state index contributed by atoms with van der Waals surface area (Å²) in [7, 11) is 1.61. The average Bonchev–Trinajstić information content (AvgIpc) is 2.78. The van der Waals surface area contributed by atoms with E-state index in [0.717, 1.165) is 11.4 Å². The first-order valence-electron chi connectivity index (χ1n) is 5.66. The summed E-state index contributed by atoms with van der Waals surface area (Å²) < 4.78 is 5.95. The van der Waals surface area contributed by atoms with Gasteiger partial charge in [0.15, 0.2) is 5.78 Å². The fourth-order valence-electron chi connectivity index (χ4n) is 1.50. The largest absolute Gasteiger partial charge is 0.497 e. The zero-order chi connectivity index (χ0) is 14.5. The van der Waals surface area contributed by atoms with Gasteiger partial charge in [0.2, 0.25) is 0 Å². The molecule has 1 N–H and O–H groups in total. The van der Waals surface area contributed by atoms with E-state index in [9.17, 15) is 4.79 Å². The number of halogens is 2. The van der Waals surface area contributed by atoms with Crippen molar-refractivity contribution in [3.05, 3.63) is 56.8 Å². The van der Waals surface area contributed by atoms with Crippen molar-refractivity contribution in [3.63, 3.8) is 0 Å². The van der Waals surface area contributed by atoms with Crippen molar-refractivity contribution in [3.8, 4) is 5.75 Å². The van der Waals surface area contributed by atoms with Crippen molar-refractivity contribution in [2.24, 2.45) is 0 Å². The summed E-state index contributed by atoms with van der Waals surface area (Å²) in [4.78, 5) is 11.9. The number of anilines is 1. The average molecular weight is 328 g/mol. The number of thiophene rings is 1. The summed E-state index contributed by atoms with van der Waals surface area (Å²) in [6.45, 7) is 0. The molecule has 0 saturated heterocycles. The predicted octanol–water partition coefficient (Wildman–Crippen LogP) is 4.87. The van der Waals surface area contributed by atoms with Gasteiger partial charge in [0, 0.05) is 18.0 Å². The summed E-state index contributed by atoms with van der Waals surface area (Å²) in [5.41, 5.74) is 1.26. The van der Waals surface area contributed by atoms with E-state index in [-0.39, 0.29) is 5.78 Å². The fraction of sp³-hybridized carbons (Fsp3) is 0.0714. The van der Waals surface area contributed by atoms with Gasteiger partial charge >= 0.3 is 0 Å². The number of methoxy groups -OCH3 is 1. The minimum Gasteiger partial charge on any atom is -0.497 e. The van der Waals surface area contributed by atoms with Crippen molar-refractivity contribution in [2.75, 3.05) is 12.4 Å². The van der Waals surface area contributed by atoms with Crippen molar-refractivity contribution >= 4 is 46.0 Å². The lowest BCUT2D eigenvalue weighted by atomic mass is 10.2. The van der Waals surface area contributed by atoms with Crippen LogP contribution in [0.25, 0.3) is 0 Å². The van der Waals surface area contributed by atoms with Gasteiger partial charge in [0.1, 0.15) is 10.1 Å². The molecule has 1 aromatic heterocycles. The maximum Gasteiger partial charge on any atom is 0.189 e. The van der Waals surface area contributed by atoms with Gasteiger partial charge in [0.25, 0.3) is 0 Å². The lowest BCUT2D eigenvalue weighted by Gasteiger charge is -2.02. The van der Waals surface area contributed by atoms with Gasteiger partial charge in [-0.2, -0.15) is 0 Å². The van der Waals surface area contributed by atoms with Crippen molar-refractivity contribution in [1.29, 1.82) is 0 Å². The number of carbonyl (C=O) groups is 1. The number of rotatable bonds is 5. The summed E-state index contributed by atoms with van der Waals surface area (Å²) in [5, 5.41) is 2.99. The van der Waals surface area contributed by atoms with Crippen LogP contribution < -0.4 is 10.1 Å². The predicted molar refractivity (Wildman–Crippen MR) is 84.4 cm³/mol. The number of allylic oxidation sites excluding steroid dienone is 1. The monoisotopic (exact) mass is 327 g/mol. The molecular weight excluding hydrogens is 317 g/mol. The van der Waals surface area contributed by atoms with Gasteiger partial charge in [-0.25, -0.2) is 0 Å². The van der Waals surface area contributed by atoms with Gasteiger partial charge in [-0.05, 0) is 30.3 Å². The zero-order valence-electron chi connectivity index (χ0n) is 10.5. The van der Waals surface area contributed by atoms with Crippen molar-refractivity contribution in [2.45, 2.75) is 0 Å². The number of hydrogen-bond donors (Lipinski definition) is 1. The molecule has 0 amide bonds. The Bertz CT molecular complexity index is 635. The second kappa shape index (κ2) is 6.79. The molecule has 1 heterocycles. The summed E-state index contributed by atoms with van der Waals surface area (Å²) in [5.74, 6) is 0.578. The highest BCUT2D eigenvalue weighted by Gasteiger charge is 2.11. The smallest absolute Gasteiger partial charge is 0.189 e. The van der Waals surface area contributed by atoms with Crippen LogP contribution in [0.3, 0.4) is 0 Å². The summed E-state index contributed by atoms with van der Waals surface area (Å²) >= 11 is 12.9. The molecule has 0 bridgehead atoms. The van der Waals surface area contributed by atoms with Crippen molar-refractivity contribution < 1.29 is 9.53 Å². The van der Waals surface area contributed by atoms with E-state index in [1.807, 2.05) is 24.3 Å². The number of hydrogen-bond acceptors (Lipinski definition) is 4. The Labute approximate surface area is 130 Å². The SMILES string of the molecule is COc1ccc(N/C=C/C(=O)c2cc(Cl)sc2Cl)cc1. The third kappa shape index (κ3) is 3.76. The van der Waals surface area contributed by atoms with Gasteiger partial charge < -0.3 is 10.1 Å². The third-order valence-electron chi connectivity index (χ3n) is 2.50. The Morgan fingerprint density at radius 1 is 1.30 bits per heavy atom. The Morgan fingerprint density at radius 3 is 2.55 bits per heavy atom. The summed E-state index contributed by atoms with van der Waals surface area (Å²) in [6, 6.07) is 8.92. The van der Waals surface area contributed by atoms with Crippen molar-refractivity contribution in [1.82, 2.24) is 0 Å². The molecular formula is C14H11Cl2NO2S. The molecule has 0 aliphatic heterocycles. The van der Waals surface area contributed by atoms with E-state index < -0.39 is 0 Å². The molecule has 0 fully saturated rings. The Kier molecular flexibility index (Phi) is 5.06. The Hall–Kier alpha value is -1.49. The lowest BCUT2D eigenvalue weighted by molar-refractivity contribution is 0.104. The topological polar surface area (TPSA) is 38.3 Å². The highest BCUT2D eigenvalue weighted by Crippen LogP contribution is 2.31. The van der Waals surface area contributed by atoms with Gasteiger partial charge in [0.05, 0.1) is 17.0 Å². The van der Waals surface area contributed by atoms with E-state index >= 15 is 0 Å². The molecule has 2 aromatic rings. The van der Waals surface area contributed by atoms with Crippen LogP contribution in [0.2, 0.25) is 8.67 Å². The number of benzene rings is 1. The van der Waals surface area contributed by atoms with Crippen LogP contribution in [-0.4, -0.2) is 12.9 Å². The maximum atomic E-state index is 11.9. The summed E-state index contributed by atoms with van der Waals surface area (Å²) in [6.07, 6.45) is 2.97. The van der Waals surface area contributed by atoms with E-state index in [1.165, 1.54) is 17.4 Å².